The van der Waals surface area contributed by atoms with E-state index in [0.717, 1.165) is 16.4 Å². The smallest absolute Gasteiger partial charge is 0.335 e. The number of hydrogen-bond donors (Lipinski definition) is 3. The summed E-state index contributed by atoms with van der Waals surface area (Å²) in [5.74, 6) is -2.84. The average molecular weight is 451 g/mol. The van der Waals surface area contributed by atoms with Crippen LogP contribution in [0.1, 0.15) is 21.5 Å². The van der Waals surface area contributed by atoms with Crippen molar-refractivity contribution in [2.45, 2.75) is 5.03 Å². The molecule has 0 fully saturated rings. The van der Waals surface area contributed by atoms with Gasteiger partial charge in [0.1, 0.15) is 28.5 Å². The number of nitrogens with two attached hydrogens (primary N) is 1. The lowest BCUT2D eigenvalue weighted by molar-refractivity contribution is -0.730. The summed E-state index contributed by atoms with van der Waals surface area (Å²) >= 11 is 0.872. The second-order valence-corrected chi connectivity index (χ2v) is 7.17. The number of carboxylic acid groups (broad SMARTS) is 1. The zero-order chi connectivity index (χ0) is 23.4. The Kier molecular flexibility index (Phi) is 6.23. The molecule has 12 nitrogen and oxygen atoms in total. The van der Waals surface area contributed by atoms with Gasteiger partial charge in [-0.2, -0.15) is 10.5 Å². The Balaban J connectivity index is 1.89. The fourth-order valence-corrected chi connectivity index (χ4v) is 3.54. The molecule has 3 rings (SSSR count). The van der Waals surface area contributed by atoms with Crippen LogP contribution in [0.3, 0.4) is 0 Å². The molecule has 0 aliphatic rings. The van der Waals surface area contributed by atoms with E-state index >= 15 is 0 Å². The van der Waals surface area contributed by atoms with Crippen LogP contribution in [0.5, 0.6) is 5.95 Å². The Hall–Kier alpha value is -4.62. The number of nitrogens with one attached hydrogen (secondary N) is 1. The van der Waals surface area contributed by atoms with E-state index in [1.165, 1.54) is 31.3 Å². The third-order valence-corrected chi connectivity index (χ3v) is 5.15. The van der Waals surface area contributed by atoms with E-state index in [0.29, 0.717) is 5.69 Å². The minimum Gasteiger partial charge on any atom is -0.539 e. The molecule has 0 saturated heterocycles. The van der Waals surface area contributed by atoms with Crippen molar-refractivity contribution in [3.05, 3.63) is 41.0 Å². The van der Waals surface area contributed by atoms with Gasteiger partial charge in [0.2, 0.25) is 5.91 Å². The molecular formula is C19H13N7O5S. The second-order valence-electron chi connectivity index (χ2n) is 6.20. The Morgan fingerprint density at radius 1 is 1.28 bits per heavy atom. The highest BCUT2D eigenvalue weighted by atomic mass is 32.2. The van der Waals surface area contributed by atoms with Crippen LogP contribution in [0.25, 0.3) is 11.3 Å². The second kappa shape index (κ2) is 9.03. The molecule has 4 N–H and O–H groups in total. The normalized spacial score (nSPS) is 10.2. The molecule has 0 aliphatic carbocycles. The molecule has 1 aromatic carbocycles. The van der Waals surface area contributed by atoms with Crippen LogP contribution in [0.2, 0.25) is 0 Å². The van der Waals surface area contributed by atoms with Gasteiger partial charge in [-0.3, -0.25) is 4.79 Å². The molecule has 13 heteroatoms. The van der Waals surface area contributed by atoms with Gasteiger partial charge in [-0.1, -0.05) is 16.4 Å². The zero-order valence-electron chi connectivity index (χ0n) is 16.3. The Morgan fingerprint density at radius 2 is 1.94 bits per heavy atom. The largest absolute Gasteiger partial charge is 0.539 e. The number of nitrogen functional groups attached to an aromatic ring is 1. The highest BCUT2D eigenvalue weighted by Gasteiger charge is 2.29. The van der Waals surface area contributed by atoms with Crippen molar-refractivity contribution in [3.63, 3.8) is 0 Å². The quantitative estimate of drug-likeness (QED) is 0.345. The molecule has 0 bridgehead atoms. The van der Waals surface area contributed by atoms with Gasteiger partial charge in [0.25, 0.3) is 5.69 Å². The minimum atomic E-state index is -1.09. The summed E-state index contributed by atoms with van der Waals surface area (Å²) in [6.07, 6.45) is 0. The monoisotopic (exact) mass is 451 g/mol. The van der Waals surface area contributed by atoms with Gasteiger partial charge in [-0.15, -0.1) is 0 Å². The summed E-state index contributed by atoms with van der Waals surface area (Å²) in [7, 11) is 1.40. The number of carbonyl (C=O) groups excluding carboxylic acids is 1. The third-order valence-electron chi connectivity index (χ3n) is 4.17. The number of rotatable bonds is 6. The summed E-state index contributed by atoms with van der Waals surface area (Å²) < 4.78 is 5.66. The first-order valence-corrected chi connectivity index (χ1v) is 9.68. The van der Waals surface area contributed by atoms with Crippen molar-refractivity contribution in [1.82, 2.24) is 10.3 Å². The SMILES string of the molecule is C[n+]1noc([O-])c1-c1c(C#N)c(N)nc(SCC(=O)Nc2ccc(C(=O)O)cc2)c1C#N. The summed E-state index contributed by atoms with van der Waals surface area (Å²) in [6.45, 7) is 0. The lowest BCUT2D eigenvalue weighted by atomic mass is 10.0. The maximum atomic E-state index is 12.3. The minimum absolute atomic E-state index is 0.0379. The first-order valence-electron chi connectivity index (χ1n) is 8.69. The third kappa shape index (κ3) is 4.28. The molecule has 1 amide bonds. The Labute approximate surface area is 184 Å². The van der Waals surface area contributed by atoms with E-state index < -0.39 is 17.8 Å². The Morgan fingerprint density at radius 3 is 2.47 bits per heavy atom. The molecule has 0 atom stereocenters. The van der Waals surface area contributed by atoms with Crippen molar-refractivity contribution >= 4 is 35.1 Å². The maximum absolute atomic E-state index is 12.3. The topological polar surface area (TPSA) is 206 Å². The van der Waals surface area contributed by atoms with Crippen molar-refractivity contribution in [2.24, 2.45) is 7.05 Å². The van der Waals surface area contributed by atoms with Gasteiger partial charge in [-0.25, -0.2) is 9.78 Å². The molecule has 0 unspecified atom stereocenters. The van der Waals surface area contributed by atoms with Crippen molar-refractivity contribution in [2.75, 3.05) is 16.8 Å². The van der Waals surface area contributed by atoms with Crippen LogP contribution in [0.4, 0.5) is 11.5 Å². The van der Waals surface area contributed by atoms with Crippen LogP contribution in [-0.4, -0.2) is 33.0 Å². The van der Waals surface area contributed by atoms with E-state index in [2.05, 4.69) is 20.1 Å². The molecule has 2 heterocycles. The molecule has 2 aromatic heterocycles. The number of carboxylic acids is 1. The number of carbonyl (C=O) groups is 2. The molecule has 0 radical (unpaired) electrons. The van der Waals surface area contributed by atoms with Gasteiger partial charge >= 0.3 is 5.97 Å². The number of aromatic carboxylic acids is 1. The number of anilines is 2. The van der Waals surface area contributed by atoms with Crippen LogP contribution < -0.4 is 20.8 Å². The number of aryl methyl sites for hydroxylation is 1. The number of hydrogen-bond acceptors (Lipinski definition) is 10. The van der Waals surface area contributed by atoms with Crippen LogP contribution >= 0.6 is 11.8 Å². The van der Waals surface area contributed by atoms with Crippen molar-refractivity contribution in [1.29, 1.82) is 10.5 Å². The molecular weight excluding hydrogens is 438 g/mol. The van der Waals surface area contributed by atoms with E-state index in [1.54, 1.807) is 0 Å². The molecule has 32 heavy (non-hydrogen) atoms. The van der Waals surface area contributed by atoms with E-state index in [9.17, 15) is 25.2 Å². The molecule has 0 aliphatic heterocycles. The van der Waals surface area contributed by atoms with Crippen LogP contribution in [-0.2, 0) is 11.8 Å². The van der Waals surface area contributed by atoms with E-state index in [-0.39, 0.29) is 44.5 Å². The van der Waals surface area contributed by atoms with Crippen molar-refractivity contribution < 1.29 is 29.0 Å². The number of pyridine rings is 1. The number of nitriles is 2. The number of aromatic nitrogens is 3. The summed E-state index contributed by atoms with van der Waals surface area (Å²) in [4.78, 5) is 27.3. The van der Waals surface area contributed by atoms with Gasteiger partial charge in [0, 0.05) is 5.69 Å². The predicted octanol–water partition coefficient (Wildman–Crippen LogP) is 0.389. The average Bonchev–Trinajstić information content (AvgIpc) is 3.09. The molecule has 3 aromatic rings. The van der Waals surface area contributed by atoms with Gasteiger partial charge in [0.05, 0.1) is 27.7 Å². The molecule has 0 spiro atoms. The van der Waals surface area contributed by atoms with Gasteiger partial charge in [0.15, 0.2) is 13.0 Å². The van der Waals surface area contributed by atoms with Crippen LogP contribution in [0, 0.1) is 22.7 Å². The number of amides is 1. The van der Waals surface area contributed by atoms with Crippen molar-refractivity contribution in [3.8, 4) is 29.3 Å². The highest BCUT2D eigenvalue weighted by molar-refractivity contribution is 8.00. The van der Waals surface area contributed by atoms with E-state index in [4.69, 9.17) is 10.8 Å². The Bertz CT molecular complexity index is 1290. The lowest BCUT2D eigenvalue weighted by Crippen LogP contribution is -2.32. The standard InChI is InChI=1S/C19H13N7O5S/c1-26-15(19(30)31-25-26)14-11(6-20)16(22)24-17(12(14)7-21)32-8-13(27)23-10-4-2-9(3-5-10)18(28)29/h2-5H,8H2,1H3,(H4-,22,23,24,25,27,28,29,30). The fourth-order valence-electron chi connectivity index (χ4n) is 2.74. The number of nitrogens with zero attached hydrogens (tertiary/aromatic N) is 5. The maximum Gasteiger partial charge on any atom is 0.335 e. The fraction of sp³-hybridized carbons (Fsp3) is 0.105. The zero-order valence-corrected chi connectivity index (χ0v) is 17.1. The lowest BCUT2D eigenvalue weighted by Gasteiger charge is -2.11. The summed E-state index contributed by atoms with van der Waals surface area (Å²) in [6, 6.07) is 9.28. The number of thioether (sulfide) groups is 1. The van der Waals surface area contributed by atoms with Gasteiger partial charge < -0.3 is 25.8 Å². The molecule has 0 saturated carbocycles. The first-order chi connectivity index (χ1) is 15.3. The van der Waals surface area contributed by atoms with E-state index in [1.807, 2.05) is 12.1 Å². The predicted molar refractivity (Wildman–Crippen MR) is 107 cm³/mol. The summed E-state index contributed by atoms with van der Waals surface area (Å²) in [5.41, 5.74) is 5.76. The first kappa shape index (κ1) is 22.1. The van der Waals surface area contributed by atoms with Gasteiger partial charge in [-0.05, 0) is 24.3 Å². The summed E-state index contributed by atoms with van der Waals surface area (Å²) in [5, 5.41) is 46.3. The molecule has 160 valence electrons. The number of benzene rings is 1. The van der Waals surface area contributed by atoms with Crippen LogP contribution in [0.15, 0.2) is 33.8 Å². The highest BCUT2D eigenvalue weighted by Crippen LogP contribution is 2.36.